The lowest BCUT2D eigenvalue weighted by Crippen LogP contribution is -2.53. The first-order valence-corrected chi connectivity index (χ1v) is 12.3. The molecule has 3 amide bonds. The molecule has 0 aromatic heterocycles. The molecule has 0 spiro atoms. The summed E-state index contributed by atoms with van der Waals surface area (Å²) in [6.45, 7) is 13.2. The monoisotopic (exact) mass is 490 g/mol. The van der Waals surface area contributed by atoms with E-state index < -0.39 is 18.0 Å². The number of carbonyl (C=O) groups excluding carboxylic acids is 4. The van der Waals surface area contributed by atoms with Gasteiger partial charge in [0.25, 0.3) is 0 Å². The fourth-order valence-electron chi connectivity index (χ4n) is 3.09. The number of ketones is 1. The Morgan fingerprint density at radius 2 is 1.46 bits per heavy atom. The van der Waals surface area contributed by atoms with Crippen LogP contribution < -0.4 is 21.4 Å². The molecule has 0 saturated heterocycles. The Morgan fingerprint density at radius 1 is 0.829 bits per heavy atom. The number of Topliss-reactive ketones (excluding diaryl/α,β-unsaturated/α-hetero) is 1. The second-order valence-corrected chi connectivity index (χ2v) is 9.74. The van der Waals surface area contributed by atoms with Crippen molar-refractivity contribution < 1.29 is 24.0 Å². The second-order valence-electron chi connectivity index (χ2n) is 9.74. The lowest BCUT2D eigenvalue weighted by Gasteiger charge is -2.24. The van der Waals surface area contributed by atoms with Crippen molar-refractivity contribution in [2.45, 2.75) is 92.5 Å². The predicted octanol–water partition coefficient (Wildman–Crippen LogP) is 3.10. The fourth-order valence-corrected chi connectivity index (χ4v) is 3.09. The number of hydrogen-bond donors (Lipinski definition) is 4. The first kappa shape index (κ1) is 30.3. The average Bonchev–Trinajstić information content (AvgIpc) is 2.77. The smallest absolute Gasteiger partial charge is 0.246 e. The van der Waals surface area contributed by atoms with Gasteiger partial charge < -0.3 is 16.0 Å². The van der Waals surface area contributed by atoms with Crippen LogP contribution in [0, 0.1) is 11.8 Å². The Kier molecular flexibility index (Phi) is 13.2. The highest BCUT2D eigenvalue weighted by atomic mass is 16.6. The molecule has 0 aliphatic rings. The zero-order chi connectivity index (χ0) is 26.5. The number of hydrogen-bond acceptors (Lipinski definition) is 6. The van der Waals surface area contributed by atoms with Gasteiger partial charge in [-0.2, -0.15) is 5.48 Å². The Bertz CT molecular complexity index is 837. The van der Waals surface area contributed by atoms with Crippen LogP contribution in [-0.4, -0.2) is 41.6 Å². The van der Waals surface area contributed by atoms with Crippen molar-refractivity contribution in [2.75, 3.05) is 5.32 Å². The molecule has 1 aromatic rings. The molecule has 0 radical (unpaired) electrons. The zero-order valence-electron chi connectivity index (χ0n) is 22.1. The van der Waals surface area contributed by atoms with Gasteiger partial charge >= 0.3 is 0 Å². The number of amides is 3. The molecular weight excluding hydrogens is 448 g/mol. The number of anilines is 1. The van der Waals surface area contributed by atoms with Gasteiger partial charge in [0, 0.05) is 30.5 Å². The third-order valence-electron chi connectivity index (χ3n) is 5.27. The molecule has 196 valence electrons. The van der Waals surface area contributed by atoms with Crippen LogP contribution in [0.4, 0.5) is 5.69 Å². The summed E-state index contributed by atoms with van der Waals surface area (Å²) in [5.41, 5.74) is 4.42. The number of nitrogens with one attached hydrogen (secondary N) is 4. The van der Waals surface area contributed by atoms with E-state index >= 15 is 0 Å². The van der Waals surface area contributed by atoms with E-state index in [0.29, 0.717) is 25.1 Å². The third-order valence-corrected chi connectivity index (χ3v) is 5.27. The van der Waals surface area contributed by atoms with Crippen molar-refractivity contribution in [3.63, 3.8) is 0 Å². The minimum atomic E-state index is -0.803. The van der Waals surface area contributed by atoms with Gasteiger partial charge in [0.15, 0.2) is 0 Å². The molecule has 0 saturated carbocycles. The largest absolute Gasteiger partial charge is 0.344 e. The molecule has 0 bridgehead atoms. The topological polar surface area (TPSA) is 126 Å². The van der Waals surface area contributed by atoms with Gasteiger partial charge in [-0.25, -0.2) is 0 Å². The fraction of sp³-hybridized carbons (Fsp3) is 0.615. The SMILES string of the molecule is CC(C)NOCc1ccc(NC(=O)[C@@H](C)NC(=O)[C@H](NC(=O)CCCC(=O)C(C)C)C(C)C)cc1. The number of hydroxylamine groups is 1. The summed E-state index contributed by atoms with van der Waals surface area (Å²) in [5.74, 6) is -1.21. The Morgan fingerprint density at radius 3 is 2.00 bits per heavy atom. The lowest BCUT2D eigenvalue weighted by molar-refractivity contribution is -0.132. The second kappa shape index (κ2) is 15.3. The molecule has 0 aliphatic carbocycles. The van der Waals surface area contributed by atoms with Gasteiger partial charge in [-0.3, -0.25) is 24.0 Å². The highest BCUT2D eigenvalue weighted by Gasteiger charge is 2.27. The van der Waals surface area contributed by atoms with Crippen LogP contribution in [0.2, 0.25) is 0 Å². The first-order chi connectivity index (χ1) is 16.4. The summed E-state index contributed by atoms with van der Waals surface area (Å²) in [4.78, 5) is 54.7. The summed E-state index contributed by atoms with van der Waals surface area (Å²) in [6.07, 6.45) is 0.941. The molecule has 1 rings (SSSR count). The molecule has 35 heavy (non-hydrogen) atoms. The zero-order valence-corrected chi connectivity index (χ0v) is 22.1. The Hall–Kier alpha value is -2.78. The molecule has 0 unspecified atom stereocenters. The van der Waals surface area contributed by atoms with Crippen molar-refractivity contribution in [2.24, 2.45) is 11.8 Å². The van der Waals surface area contributed by atoms with Crippen molar-refractivity contribution in [3.05, 3.63) is 29.8 Å². The van der Waals surface area contributed by atoms with Crippen LogP contribution in [0.1, 0.15) is 73.3 Å². The number of benzene rings is 1. The molecule has 1 aromatic carbocycles. The highest BCUT2D eigenvalue weighted by Crippen LogP contribution is 2.11. The maximum Gasteiger partial charge on any atom is 0.246 e. The van der Waals surface area contributed by atoms with Gasteiger partial charge in [-0.15, -0.1) is 0 Å². The normalized spacial score (nSPS) is 13.0. The highest BCUT2D eigenvalue weighted by molar-refractivity contribution is 5.98. The van der Waals surface area contributed by atoms with E-state index in [1.54, 1.807) is 19.1 Å². The van der Waals surface area contributed by atoms with Crippen LogP contribution in [-0.2, 0) is 30.6 Å². The van der Waals surface area contributed by atoms with Crippen molar-refractivity contribution in [1.82, 2.24) is 16.1 Å². The molecular formula is C26H42N4O5. The average molecular weight is 491 g/mol. The molecule has 9 heteroatoms. The maximum absolute atomic E-state index is 12.8. The predicted molar refractivity (Wildman–Crippen MR) is 136 cm³/mol. The molecule has 0 heterocycles. The van der Waals surface area contributed by atoms with E-state index in [4.69, 9.17) is 4.84 Å². The van der Waals surface area contributed by atoms with Gasteiger partial charge in [0.1, 0.15) is 17.9 Å². The van der Waals surface area contributed by atoms with Crippen LogP contribution >= 0.6 is 0 Å². The van der Waals surface area contributed by atoms with Crippen LogP contribution in [0.3, 0.4) is 0 Å². The summed E-state index contributed by atoms with van der Waals surface area (Å²) in [7, 11) is 0. The molecule has 0 aliphatic heterocycles. The van der Waals surface area contributed by atoms with Crippen molar-refractivity contribution in [1.29, 1.82) is 0 Å². The van der Waals surface area contributed by atoms with Gasteiger partial charge in [0.2, 0.25) is 17.7 Å². The summed E-state index contributed by atoms with van der Waals surface area (Å²) < 4.78 is 0. The van der Waals surface area contributed by atoms with E-state index in [2.05, 4.69) is 21.4 Å². The van der Waals surface area contributed by atoms with E-state index in [0.717, 1.165) is 5.56 Å². The van der Waals surface area contributed by atoms with Gasteiger partial charge in [-0.05, 0) is 50.8 Å². The minimum absolute atomic E-state index is 0.0566. The van der Waals surface area contributed by atoms with Crippen LogP contribution in [0.15, 0.2) is 24.3 Å². The molecule has 0 fully saturated rings. The first-order valence-electron chi connectivity index (χ1n) is 12.3. The molecule has 9 nitrogen and oxygen atoms in total. The van der Waals surface area contributed by atoms with E-state index in [9.17, 15) is 19.2 Å². The van der Waals surface area contributed by atoms with Crippen LogP contribution in [0.5, 0.6) is 0 Å². The van der Waals surface area contributed by atoms with Gasteiger partial charge in [-0.1, -0.05) is 39.8 Å². The quantitative estimate of drug-likeness (QED) is 0.280. The van der Waals surface area contributed by atoms with Crippen molar-refractivity contribution >= 4 is 29.2 Å². The molecule has 4 N–H and O–H groups in total. The maximum atomic E-state index is 12.8. The Balaban J connectivity index is 2.55. The summed E-state index contributed by atoms with van der Waals surface area (Å²) in [6, 6.07) is 5.86. The summed E-state index contributed by atoms with van der Waals surface area (Å²) >= 11 is 0. The van der Waals surface area contributed by atoms with Crippen LogP contribution in [0.25, 0.3) is 0 Å². The lowest BCUT2D eigenvalue weighted by atomic mass is 10.0. The van der Waals surface area contributed by atoms with E-state index in [1.165, 1.54) is 0 Å². The number of carbonyl (C=O) groups is 4. The minimum Gasteiger partial charge on any atom is -0.344 e. The number of rotatable bonds is 15. The van der Waals surface area contributed by atoms with E-state index in [-0.39, 0.29) is 41.9 Å². The van der Waals surface area contributed by atoms with E-state index in [1.807, 2.05) is 53.7 Å². The molecule has 2 atom stereocenters. The van der Waals surface area contributed by atoms with Crippen molar-refractivity contribution in [3.8, 4) is 0 Å². The standard InChI is InChI=1S/C26H42N4O5/c1-16(2)22(31)9-8-10-23(32)29-24(17(3)4)26(34)27-19(7)25(33)28-21-13-11-20(12-14-21)15-35-30-18(5)6/h11-14,16-19,24,30H,8-10,15H2,1-7H3,(H,27,34)(H,28,33)(H,29,32)/t19-,24-/m1/s1. The Labute approximate surface area is 209 Å². The third kappa shape index (κ3) is 12.0. The van der Waals surface area contributed by atoms with Gasteiger partial charge in [0.05, 0.1) is 6.61 Å². The summed E-state index contributed by atoms with van der Waals surface area (Å²) in [5, 5.41) is 8.19.